The summed E-state index contributed by atoms with van der Waals surface area (Å²) >= 11 is 11.2. The Kier molecular flexibility index (Phi) is 7.68. The van der Waals surface area contributed by atoms with Crippen LogP contribution < -0.4 is 5.73 Å². The standard InChI is InChI=1S/C8H17NO.C6H4Cl2/c1-10-8-4-2-3-7(5-8)6-9;7-5-3-1-2-4-6(5)8/h7-8H,2-6,9H2,1H3;1-4H. The molecule has 1 fully saturated rings. The summed E-state index contributed by atoms with van der Waals surface area (Å²) in [5, 5.41) is 1.21. The van der Waals surface area contributed by atoms with E-state index in [1.165, 1.54) is 25.7 Å². The van der Waals surface area contributed by atoms with E-state index < -0.39 is 0 Å². The van der Waals surface area contributed by atoms with E-state index in [1.807, 2.05) is 12.1 Å². The molecule has 2 N–H and O–H groups in total. The van der Waals surface area contributed by atoms with Gasteiger partial charge in [-0.25, -0.2) is 0 Å². The number of hydrogen-bond acceptors (Lipinski definition) is 2. The van der Waals surface area contributed by atoms with Crippen LogP contribution >= 0.6 is 23.2 Å². The molecule has 102 valence electrons. The van der Waals surface area contributed by atoms with Crippen LogP contribution in [0.25, 0.3) is 0 Å². The van der Waals surface area contributed by atoms with E-state index in [-0.39, 0.29) is 0 Å². The normalized spacial score (nSPS) is 23.1. The molecule has 0 bridgehead atoms. The molecule has 1 aliphatic carbocycles. The first kappa shape index (κ1) is 15.8. The van der Waals surface area contributed by atoms with Crippen molar-refractivity contribution in [3.8, 4) is 0 Å². The average molecular weight is 290 g/mol. The van der Waals surface area contributed by atoms with Crippen molar-refractivity contribution in [3.63, 3.8) is 0 Å². The Morgan fingerprint density at radius 3 is 2.28 bits per heavy atom. The van der Waals surface area contributed by atoms with Crippen molar-refractivity contribution < 1.29 is 4.74 Å². The summed E-state index contributed by atoms with van der Waals surface area (Å²) in [4.78, 5) is 0. The lowest BCUT2D eigenvalue weighted by Crippen LogP contribution is -2.26. The van der Waals surface area contributed by atoms with E-state index in [1.54, 1.807) is 19.2 Å². The van der Waals surface area contributed by atoms with E-state index in [9.17, 15) is 0 Å². The van der Waals surface area contributed by atoms with Gasteiger partial charge in [0.15, 0.2) is 0 Å². The van der Waals surface area contributed by atoms with Crippen LogP contribution in [0.3, 0.4) is 0 Å². The van der Waals surface area contributed by atoms with Crippen molar-refractivity contribution in [2.45, 2.75) is 31.8 Å². The summed E-state index contributed by atoms with van der Waals surface area (Å²) in [6, 6.07) is 7.19. The number of halogens is 2. The summed E-state index contributed by atoms with van der Waals surface area (Å²) in [5.41, 5.74) is 5.56. The second-order valence-electron chi connectivity index (χ2n) is 4.54. The maximum Gasteiger partial charge on any atom is 0.0592 e. The van der Waals surface area contributed by atoms with Crippen LogP contribution in [0.5, 0.6) is 0 Å². The highest BCUT2D eigenvalue weighted by atomic mass is 35.5. The average Bonchev–Trinajstić information content (AvgIpc) is 2.43. The van der Waals surface area contributed by atoms with Gasteiger partial charge in [-0.2, -0.15) is 0 Å². The third-order valence-electron chi connectivity index (χ3n) is 3.23. The number of benzene rings is 1. The Bertz CT molecular complexity index is 315. The fourth-order valence-corrected chi connectivity index (χ4v) is 2.38. The molecule has 0 saturated heterocycles. The van der Waals surface area contributed by atoms with Gasteiger partial charge in [0.05, 0.1) is 16.1 Å². The van der Waals surface area contributed by atoms with Gasteiger partial charge in [0.25, 0.3) is 0 Å². The lowest BCUT2D eigenvalue weighted by atomic mass is 9.87. The molecule has 0 aromatic heterocycles. The molecule has 0 radical (unpaired) electrons. The van der Waals surface area contributed by atoms with Crippen LogP contribution in [0.15, 0.2) is 24.3 Å². The third kappa shape index (κ3) is 5.57. The Morgan fingerprint density at radius 2 is 1.83 bits per heavy atom. The molecule has 1 aliphatic rings. The predicted octanol–water partition coefficient (Wildman–Crippen LogP) is 4.14. The van der Waals surface area contributed by atoms with Crippen molar-refractivity contribution in [1.29, 1.82) is 0 Å². The molecular formula is C14H21Cl2NO. The smallest absolute Gasteiger partial charge is 0.0592 e. The van der Waals surface area contributed by atoms with Crippen LogP contribution in [0.4, 0.5) is 0 Å². The monoisotopic (exact) mass is 289 g/mol. The summed E-state index contributed by atoms with van der Waals surface area (Å²) in [5.74, 6) is 0.721. The molecule has 2 rings (SSSR count). The highest BCUT2D eigenvalue weighted by molar-refractivity contribution is 6.41. The maximum absolute atomic E-state index is 5.58. The Morgan fingerprint density at radius 1 is 1.22 bits per heavy atom. The molecule has 0 amide bonds. The van der Waals surface area contributed by atoms with Crippen LogP contribution in [0.1, 0.15) is 25.7 Å². The first-order valence-electron chi connectivity index (χ1n) is 6.30. The topological polar surface area (TPSA) is 35.2 Å². The Balaban J connectivity index is 0.000000184. The van der Waals surface area contributed by atoms with E-state index in [2.05, 4.69) is 0 Å². The Labute approximate surface area is 119 Å². The van der Waals surface area contributed by atoms with Gasteiger partial charge in [0, 0.05) is 7.11 Å². The fourth-order valence-electron chi connectivity index (χ4n) is 2.11. The minimum absolute atomic E-state index is 0.488. The van der Waals surface area contributed by atoms with E-state index in [0.29, 0.717) is 16.1 Å². The number of ether oxygens (including phenoxy) is 1. The molecular weight excluding hydrogens is 269 g/mol. The zero-order valence-corrected chi connectivity index (χ0v) is 12.3. The summed E-state index contributed by atoms with van der Waals surface area (Å²) in [6.45, 7) is 0.833. The quantitative estimate of drug-likeness (QED) is 0.888. The van der Waals surface area contributed by atoms with E-state index in [0.717, 1.165) is 12.5 Å². The molecule has 0 aliphatic heterocycles. The highest BCUT2D eigenvalue weighted by Gasteiger charge is 2.19. The number of hydrogen-bond donors (Lipinski definition) is 1. The van der Waals surface area contributed by atoms with Crippen LogP contribution in [-0.4, -0.2) is 19.8 Å². The second kappa shape index (κ2) is 8.76. The molecule has 2 unspecified atom stereocenters. The molecule has 1 aromatic rings. The minimum atomic E-state index is 0.488. The first-order valence-corrected chi connectivity index (χ1v) is 7.05. The zero-order chi connectivity index (χ0) is 13.4. The van der Waals surface area contributed by atoms with Crippen LogP contribution in [0, 0.1) is 5.92 Å². The zero-order valence-electron chi connectivity index (χ0n) is 10.7. The van der Waals surface area contributed by atoms with Crippen molar-refractivity contribution in [3.05, 3.63) is 34.3 Å². The third-order valence-corrected chi connectivity index (χ3v) is 3.98. The molecule has 1 aromatic carbocycles. The van der Waals surface area contributed by atoms with Gasteiger partial charge in [-0.3, -0.25) is 0 Å². The van der Waals surface area contributed by atoms with Crippen LogP contribution in [-0.2, 0) is 4.74 Å². The largest absolute Gasteiger partial charge is 0.381 e. The van der Waals surface area contributed by atoms with Gasteiger partial charge >= 0.3 is 0 Å². The summed E-state index contributed by atoms with van der Waals surface area (Å²) < 4.78 is 5.27. The molecule has 2 atom stereocenters. The SMILES string of the molecule is COC1CCCC(CN)C1.Clc1ccccc1Cl. The van der Waals surface area contributed by atoms with Crippen LogP contribution in [0.2, 0.25) is 10.0 Å². The maximum atomic E-state index is 5.58. The minimum Gasteiger partial charge on any atom is -0.381 e. The lowest BCUT2D eigenvalue weighted by molar-refractivity contribution is 0.0524. The lowest BCUT2D eigenvalue weighted by Gasteiger charge is -2.26. The summed E-state index contributed by atoms with van der Waals surface area (Å²) in [6.07, 6.45) is 5.48. The second-order valence-corrected chi connectivity index (χ2v) is 5.35. The van der Waals surface area contributed by atoms with Crippen molar-refractivity contribution in [1.82, 2.24) is 0 Å². The Hall–Kier alpha value is -0.280. The summed E-state index contributed by atoms with van der Waals surface area (Å²) in [7, 11) is 1.80. The van der Waals surface area contributed by atoms with E-state index >= 15 is 0 Å². The molecule has 1 saturated carbocycles. The van der Waals surface area contributed by atoms with Gasteiger partial charge in [-0.15, -0.1) is 0 Å². The number of nitrogens with two attached hydrogens (primary N) is 1. The van der Waals surface area contributed by atoms with Gasteiger partial charge in [-0.1, -0.05) is 41.8 Å². The molecule has 18 heavy (non-hydrogen) atoms. The number of methoxy groups -OCH3 is 1. The van der Waals surface area contributed by atoms with Crippen molar-refractivity contribution in [2.75, 3.05) is 13.7 Å². The predicted molar refractivity (Wildman–Crippen MR) is 78.3 cm³/mol. The molecule has 4 heteroatoms. The van der Waals surface area contributed by atoms with Gasteiger partial charge in [0.2, 0.25) is 0 Å². The van der Waals surface area contributed by atoms with Crippen molar-refractivity contribution >= 4 is 23.2 Å². The fraction of sp³-hybridized carbons (Fsp3) is 0.571. The van der Waals surface area contributed by atoms with Gasteiger partial charge in [-0.05, 0) is 43.9 Å². The number of rotatable bonds is 2. The first-order chi connectivity index (χ1) is 8.67. The van der Waals surface area contributed by atoms with Gasteiger partial charge < -0.3 is 10.5 Å². The molecule has 0 heterocycles. The van der Waals surface area contributed by atoms with Gasteiger partial charge in [0.1, 0.15) is 0 Å². The van der Waals surface area contributed by atoms with Crippen molar-refractivity contribution in [2.24, 2.45) is 11.7 Å². The van der Waals surface area contributed by atoms with E-state index in [4.69, 9.17) is 33.7 Å². The molecule has 2 nitrogen and oxygen atoms in total. The highest BCUT2D eigenvalue weighted by Crippen LogP contribution is 2.24. The molecule has 0 spiro atoms.